The van der Waals surface area contributed by atoms with E-state index in [1.54, 1.807) is 0 Å². The zero-order chi connectivity index (χ0) is 24.1. The molecule has 1 aliphatic heterocycles. The lowest BCUT2D eigenvalue weighted by Crippen LogP contribution is -2.41. The van der Waals surface area contributed by atoms with Gasteiger partial charge in [-0.1, -0.05) is 6.07 Å². The molecule has 1 aromatic heterocycles. The molecule has 0 radical (unpaired) electrons. The average Bonchev–Trinajstić information content (AvgIpc) is 3.09. The van der Waals surface area contributed by atoms with Gasteiger partial charge in [-0.3, -0.25) is 4.79 Å². The Kier molecular flexibility index (Phi) is 5.82. The third-order valence-corrected chi connectivity index (χ3v) is 8.22. The van der Waals surface area contributed by atoms with E-state index >= 15 is 0 Å². The van der Waals surface area contributed by atoms with Crippen molar-refractivity contribution in [3.63, 3.8) is 0 Å². The first-order valence-corrected chi connectivity index (χ1v) is 10.8. The predicted molar refractivity (Wildman–Crippen MR) is 102 cm³/mol. The fraction of sp³-hybridized carbons (Fsp3) is 0.400. The molecule has 174 valence electrons. The van der Waals surface area contributed by atoms with Crippen molar-refractivity contribution in [1.29, 1.82) is 0 Å². The number of rotatable bonds is 4. The van der Waals surface area contributed by atoms with Crippen LogP contribution >= 0.6 is 0 Å². The maximum atomic E-state index is 13.2. The predicted octanol–water partition coefficient (Wildman–Crippen LogP) is 4.72. The lowest BCUT2D eigenvalue weighted by molar-refractivity contribution is -0.141. The van der Waals surface area contributed by atoms with Gasteiger partial charge >= 0.3 is 12.4 Å². The number of halogens is 6. The van der Waals surface area contributed by atoms with Crippen LogP contribution in [0.15, 0.2) is 47.5 Å². The molecule has 1 aromatic carbocycles. The van der Waals surface area contributed by atoms with E-state index in [9.17, 15) is 39.6 Å². The normalized spacial score (nSPS) is 18.3. The number of hydrogen-bond donors (Lipinski definition) is 0. The highest BCUT2D eigenvalue weighted by atomic mass is 32.2. The van der Waals surface area contributed by atoms with Gasteiger partial charge in [0.2, 0.25) is 5.91 Å². The second-order valence-electron chi connectivity index (χ2n) is 7.94. The summed E-state index contributed by atoms with van der Waals surface area (Å²) < 4.78 is 102. The molecule has 0 N–H and O–H groups in total. The number of benzene rings is 1. The van der Waals surface area contributed by atoms with Crippen LogP contribution < -0.4 is 4.90 Å². The van der Waals surface area contributed by atoms with Crippen LogP contribution in [0, 0.1) is 5.92 Å². The molecule has 2 heterocycles. The number of carbonyl (C=O) groups excluding carboxylic acids is 1. The summed E-state index contributed by atoms with van der Waals surface area (Å²) in [5.74, 6) is -1.35. The molecule has 1 saturated heterocycles. The van der Waals surface area contributed by atoms with E-state index in [1.807, 2.05) is 0 Å². The molecule has 0 spiro atoms. The Balaban J connectivity index is 1.89. The zero-order valence-electron chi connectivity index (χ0n) is 16.8. The minimum absolute atomic E-state index is 0.0674. The Bertz CT molecular complexity index is 1130. The minimum atomic E-state index is -4.73. The third kappa shape index (κ3) is 4.32. The van der Waals surface area contributed by atoms with E-state index < -0.39 is 54.9 Å². The van der Waals surface area contributed by atoms with Gasteiger partial charge in [0.25, 0.3) is 0 Å². The van der Waals surface area contributed by atoms with E-state index in [0.717, 1.165) is 35.4 Å². The van der Waals surface area contributed by atoms with Gasteiger partial charge in [-0.05, 0) is 44.2 Å². The second-order valence-corrected chi connectivity index (χ2v) is 10.5. The molecule has 1 amide bonds. The van der Waals surface area contributed by atoms with E-state index in [1.165, 1.54) is 13.8 Å². The van der Waals surface area contributed by atoms with Gasteiger partial charge < -0.3 is 4.90 Å². The van der Waals surface area contributed by atoms with E-state index in [2.05, 4.69) is 4.98 Å². The first kappa shape index (κ1) is 24.0. The number of hydrogen-bond acceptors (Lipinski definition) is 4. The number of sulfone groups is 1. The van der Waals surface area contributed by atoms with Gasteiger partial charge in [0.05, 0.1) is 27.1 Å². The first-order valence-electron chi connectivity index (χ1n) is 9.30. The van der Waals surface area contributed by atoms with Gasteiger partial charge in [0.15, 0.2) is 9.84 Å². The average molecular weight is 480 g/mol. The van der Waals surface area contributed by atoms with Crippen molar-refractivity contribution in [2.75, 3.05) is 11.4 Å². The van der Waals surface area contributed by atoms with Crippen molar-refractivity contribution in [3.8, 4) is 0 Å². The summed E-state index contributed by atoms with van der Waals surface area (Å²) in [6.07, 6.45) is -8.76. The number of pyridine rings is 1. The highest BCUT2D eigenvalue weighted by Gasteiger charge is 2.48. The molecule has 1 fully saturated rings. The summed E-state index contributed by atoms with van der Waals surface area (Å²) in [4.78, 5) is 16.4. The molecule has 0 aliphatic carbocycles. The number of anilines is 1. The molecular formula is C20H18F6N2O3S. The fourth-order valence-corrected chi connectivity index (χ4v) is 5.24. The number of alkyl halides is 6. The van der Waals surface area contributed by atoms with E-state index in [-0.39, 0.29) is 18.7 Å². The maximum Gasteiger partial charge on any atom is 0.433 e. The molecule has 12 heteroatoms. The highest BCUT2D eigenvalue weighted by molar-refractivity contribution is 7.92. The molecule has 5 nitrogen and oxygen atoms in total. The minimum Gasteiger partial charge on any atom is -0.311 e. The van der Waals surface area contributed by atoms with Crippen LogP contribution in [-0.2, 0) is 27.0 Å². The Hall–Kier alpha value is -2.63. The van der Waals surface area contributed by atoms with Crippen LogP contribution in [0.4, 0.5) is 32.0 Å². The van der Waals surface area contributed by atoms with Crippen molar-refractivity contribution in [2.24, 2.45) is 5.92 Å². The quantitative estimate of drug-likeness (QED) is 0.594. The fourth-order valence-electron chi connectivity index (χ4n) is 3.50. The molecule has 0 bridgehead atoms. The molecule has 1 unspecified atom stereocenters. The smallest absolute Gasteiger partial charge is 0.311 e. The monoisotopic (exact) mass is 480 g/mol. The molecule has 1 atom stereocenters. The van der Waals surface area contributed by atoms with Gasteiger partial charge in [0, 0.05) is 18.9 Å². The highest BCUT2D eigenvalue weighted by Crippen LogP contribution is 2.40. The van der Waals surface area contributed by atoms with Crippen LogP contribution in [0.25, 0.3) is 0 Å². The van der Waals surface area contributed by atoms with Crippen LogP contribution in [0.5, 0.6) is 0 Å². The SMILES string of the molecule is CC(C)(C1CC(=O)N(c2ccc(C(F)(F)F)nc2)C1)S(=O)(=O)c1cccc(C(F)(F)F)c1. The van der Waals surface area contributed by atoms with Gasteiger partial charge in [-0.25, -0.2) is 13.4 Å². The summed E-state index contributed by atoms with van der Waals surface area (Å²) in [5.41, 5.74) is -2.19. The molecule has 1 aliphatic rings. The van der Waals surface area contributed by atoms with Crippen LogP contribution in [0.1, 0.15) is 31.5 Å². The summed E-state index contributed by atoms with van der Waals surface area (Å²) in [7, 11) is -4.30. The van der Waals surface area contributed by atoms with E-state index in [0.29, 0.717) is 12.1 Å². The van der Waals surface area contributed by atoms with Crippen molar-refractivity contribution < 1.29 is 39.6 Å². The number of nitrogens with zero attached hydrogens (tertiary/aromatic N) is 2. The zero-order valence-corrected chi connectivity index (χ0v) is 17.6. The Morgan fingerprint density at radius 2 is 1.66 bits per heavy atom. The lowest BCUT2D eigenvalue weighted by atomic mass is 9.94. The number of amides is 1. The topological polar surface area (TPSA) is 67.3 Å². The molecule has 0 saturated carbocycles. The van der Waals surface area contributed by atoms with Crippen LogP contribution in [-0.4, -0.2) is 30.6 Å². The van der Waals surface area contributed by atoms with Crippen LogP contribution in [0.3, 0.4) is 0 Å². The Labute approximate surface area is 180 Å². The lowest BCUT2D eigenvalue weighted by Gasteiger charge is -2.31. The van der Waals surface area contributed by atoms with Crippen molar-refractivity contribution in [3.05, 3.63) is 53.9 Å². The summed E-state index contributed by atoms with van der Waals surface area (Å²) >= 11 is 0. The Morgan fingerprint density at radius 3 is 2.19 bits per heavy atom. The summed E-state index contributed by atoms with van der Waals surface area (Å²) in [6.45, 7) is 2.49. The number of aromatic nitrogens is 1. The molecule has 32 heavy (non-hydrogen) atoms. The number of carbonyl (C=O) groups is 1. The molecule has 3 rings (SSSR count). The molecular weight excluding hydrogens is 462 g/mol. The summed E-state index contributed by atoms with van der Waals surface area (Å²) in [5, 5.41) is 0. The van der Waals surface area contributed by atoms with Crippen molar-refractivity contribution in [1.82, 2.24) is 4.98 Å². The van der Waals surface area contributed by atoms with Gasteiger partial charge in [-0.15, -0.1) is 0 Å². The van der Waals surface area contributed by atoms with Crippen molar-refractivity contribution in [2.45, 2.75) is 42.3 Å². The summed E-state index contributed by atoms with van der Waals surface area (Å²) in [6, 6.07) is 5.12. The van der Waals surface area contributed by atoms with Crippen molar-refractivity contribution >= 4 is 21.4 Å². The maximum absolute atomic E-state index is 13.2. The Morgan fingerprint density at radius 1 is 1.00 bits per heavy atom. The first-order chi connectivity index (χ1) is 14.5. The van der Waals surface area contributed by atoms with Gasteiger partial charge in [0.1, 0.15) is 5.69 Å². The van der Waals surface area contributed by atoms with Crippen LogP contribution in [0.2, 0.25) is 0 Å². The second kappa shape index (κ2) is 7.75. The molecule has 2 aromatic rings. The largest absolute Gasteiger partial charge is 0.433 e. The van der Waals surface area contributed by atoms with Gasteiger partial charge in [-0.2, -0.15) is 26.3 Å². The van der Waals surface area contributed by atoms with E-state index in [4.69, 9.17) is 0 Å². The standard InChI is InChI=1S/C20H18F6N2O3S/c1-18(2,32(30,31)15-5-3-4-12(8-15)19(21,22)23)13-9-17(29)28(11-13)14-6-7-16(27-10-14)20(24,25)26/h3-8,10,13H,9,11H2,1-2H3. The third-order valence-electron chi connectivity index (χ3n) is 5.62.